The first-order valence-corrected chi connectivity index (χ1v) is 11.5. The molecule has 3 aliphatic rings. The molecule has 0 spiro atoms. The number of ether oxygens (including phenoxy) is 1. The minimum atomic E-state index is 0.237. The minimum Gasteiger partial charge on any atom is -0.494 e. The molecule has 0 aliphatic heterocycles. The van der Waals surface area contributed by atoms with Crippen LogP contribution in [-0.2, 0) is 11.8 Å². The lowest BCUT2D eigenvalue weighted by molar-refractivity contribution is 0.0865. The van der Waals surface area contributed by atoms with E-state index >= 15 is 0 Å². The van der Waals surface area contributed by atoms with Crippen LogP contribution in [0.1, 0.15) is 81.9 Å². The number of fused-ring (bicyclic) bond motifs is 3. The van der Waals surface area contributed by atoms with Crippen LogP contribution in [0.3, 0.4) is 0 Å². The SMILES string of the molecule is CCCOc1ccc(C#CC23CCC(c4ccc(CCC)cc4)(CC2)CC3)cc1. The van der Waals surface area contributed by atoms with Gasteiger partial charge in [0.1, 0.15) is 5.75 Å². The van der Waals surface area contributed by atoms with E-state index in [1.165, 1.54) is 56.9 Å². The van der Waals surface area contributed by atoms with E-state index in [0.29, 0.717) is 5.41 Å². The normalized spacial score (nSPS) is 25.3. The van der Waals surface area contributed by atoms with Crippen molar-refractivity contribution in [1.29, 1.82) is 0 Å². The molecule has 5 rings (SSSR count). The van der Waals surface area contributed by atoms with Gasteiger partial charge in [-0.2, -0.15) is 0 Å². The Hall–Kier alpha value is -2.20. The fourth-order valence-corrected chi connectivity index (χ4v) is 5.18. The summed E-state index contributed by atoms with van der Waals surface area (Å²) in [5, 5.41) is 0. The third-order valence-corrected chi connectivity index (χ3v) is 7.15. The topological polar surface area (TPSA) is 9.23 Å². The lowest BCUT2D eigenvalue weighted by Gasteiger charge is -2.51. The second-order valence-corrected chi connectivity index (χ2v) is 9.13. The number of aryl methyl sites for hydroxylation is 1. The largest absolute Gasteiger partial charge is 0.494 e. The van der Waals surface area contributed by atoms with Gasteiger partial charge in [-0.3, -0.25) is 0 Å². The van der Waals surface area contributed by atoms with E-state index < -0.39 is 0 Å². The van der Waals surface area contributed by atoms with Crippen LogP contribution in [0.5, 0.6) is 5.75 Å². The fourth-order valence-electron chi connectivity index (χ4n) is 5.18. The third kappa shape index (κ3) is 4.37. The van der Waals surface area contributed by atoms with Crippen LogP contribution >= 0.6 is 0 Å². The third-order valence-electron chi connectivity index (χ3n) is 7.15. The van der Waals surface area contributed by atoms with Crippen molar-refractivity contribution < 1.29 is 4.74 Å². The molecule has 152 valence electrons. The van der Waals surface area contributed by atoms with E-state index in [4.69, 9.17) is 4.74 Å². The van der Waals surface area contributed by atoms with E-state index in [1.54, 1.807) is 5.56 Å². The molecular weight excluding hydrogens is 352 g/mol. The molecule has 2 aromatic rings. The summed E-state index contributed by atoms with van der Waals surface area (Å²) in [7, 11) is 0. The Bertz CT molecular complexity index is 839. The van der Waals surface area contributed by atoms with Crippen LogP contribution in [-0.4, -0.2) is 6.61 Å². The molecule has 0 radical (unpaired) electrons. The first kappa shape index (κ1) is 20.1. The predicted octanol–water partition coefficient (Wildman–Crippen LogP) is 7.07. The van der Waals surface area contributed by atoms with Gasteiger partial charge in [-0.05, 0) is 92.2 Å². The second-order valence-electron chi connectivity index (χ2n) is 9.13. The number of hydrogen-bond acceptors (Lipinski definition) is 1. The lowest BCUT2D eigenvalue weighted by atomic mass is 9.52. The predicted molar refractivity (Wildman–Crippen MR) is 121 cm³/mol. The molecule has 0 unspecified atom stereocenters. The fraction of sp³-hybridized carbons (Fsp3) is 0.500. The Labute approximate surface area is 176 Å². The Kier molecular flexibility index (Phi) is 6.00. The van der Waals surface area contributed by atoms with E-state index in [9.17, 15) is 0 Å². The van der Waals surface area contributed by atoms with Gasteiger partial charge in [-0.15, -0.1) is 0 Å². The van der Waals surface area contributed by atoms with Gasteiger partial charge in [0.25, 0.3) is 0 Å². The second kappa shape index (κ2) is 8.66. The standard InChI is InChI=1S/C28H34O/c1-3-5-23-6-10-25(11-7-23)28-19-16-27(17-20-28,18-21-28)15-14-24-8-12-26(13-9-24)29-22-4-2/h6-13H,3-5,16-22H2,1-2H3. The minimum absolute atomic E-state index is 0.237. The first-order valence-electron chi connectivity index (χ1n) is 11.5. The molecule has 3 aliphatic carbocycles. The molecule has 2 bridgehead atoms. The summed E-state index contributed by atoms with van der Waals surface area (Å²) >= 11 is 0. The van der Waals surface area contributed by atoms with E-state index in [0.717, 1.165) is 24.3 Å². The van der Waals surface area contributed by atoms with Gasteiger partial charge < -0.3 is 4.74 Å². The van der Waals surface area contributed by atoms with E-state index in [-0.39, 0.29) is 5.41 Å². The van der Waals surface area contributed by atoms with Gasteiger partial charge in [0, 0.05) is 11.0 Å². The van der Waals surface area contributed by atoms with Crippen LogP contribution in [0, 0.1) is 17.3 Å². The lowest BCUT2D eigenvalue weighted by Crippen LogP contribution is -2.43. The molecule has 2 aromatic carbocycles. The van der Waals surface area contributed by atoms with Crippen LogP contribution in [0.25, 0.3) is 0 Å². The highest BCUT2D eigenvalue weighted by molar-refractivity contribution is 5.40. The highest BCUT2D eigenvalue weighted by Gasteiger charge is 2.48. The Morgan fingerprint density at radius 1 is 0.793 bits per heavy atom. The number of benzene rings is 2. The first-order chi connectivity index (χ1) is 14.2. The van der Waals surface area contributed by atoms with Crippen LogP contribution in [0.4, 0.5) is 0 Å². The van der Waals surface area contributed by atoms with Crippen molar-refractivity contribution in [3.8, 4) is 17.6 Å². The summed E-state index contributed by atoms with van der Waals surface area (Å²) in [5.41, 5.74) is 4.80. The van der Waals surface area contributed by atoms with Gasteiger partial charge in [0.2, 0.25) is 0 Å². The smallest absolute Gasteiger partial charge is 0.119 e. The molecule has 0 aromatic heterocycles. The van der Waals surface area contributed by atoms with Crippen molar-refractivity contribution in [3.63, 3.8) is 0 Å². The molecule has 0 heterocycles. The summed E-state index contributed by atoms with van der Waals surface area (Å²) in [6.07, 6.45) is 11.1. The summed E-state index contributed by atoms with van der Waals surface area (Å²) < 4.78 is 5.68. The van der Waals surface area contributed by atoms with Crippen LogP contribution in [0.15, 0.2) is 48.5 Å². The van der Waals surface area contributed by atoms with Gasteiger partial charge in [0.05, 0.1) is 6.61 Å². The monoisotopic (exact) mass is 386 g/mol. The van der Waals surface area contributed by atoms with Crippen molar-refractivity contribution in [1.82, 2.24) is 0 Å². The van der Waals surface area contributed by atoms with Gasteiger partial charge in [-0.1, -0.05) is 56.4 Å². The summed E-state index contributed by atoms with van der Waals surface area (Å²) in [6.45, 7) is 5.16. The molecule has 3 fully saturated rings. The van der Waals surface area contributed by atoms with E-state index in [2.05, 4.69) is 62.1 Å². The highest BCUT2D eigenvalue weighted by atomic mass is 16.5. The summed E-state index contributed by atoms with van der Waals surface area (Å²) in [6, 6.07) is 17.8. The van der Waals surface area contributed by atoms with Crippen molar-refractivity contribution >= 4 is 0 Å². The zero-order chi connectivity index (χ0) is 20.2. The maximum atomic E-state index is 5.68. The zero-order valence-electron chi connectivity index (χ0n) is 18.1. The molecule has 29 heavy (non-hydrogen) atoms. The Balaban J connectivity index is 1.42. The van der Waals surface area contributed by atoms with Gasteiger partial charge in [0.15, 0.2) is 0 Å². The summed E-state index contributed by atoms with van der Waals surface area (Å²) in [4.78, 5) is 0. The van der Waals surface area contributed by atoms with Crippen LogP contribution in [0.2, 0.25) is 0 Å². The molecule has 0 amide bonds. The molecule has 3 saturated carbocycles. The molecule has 1 heteroatoms. The van der Waals surface area contributed by atoms with Crippen molar-refractivity contribution in [2.24, 2.45) is 5.41 Å². The zero-order valence-corrected chi connectivity index (χ0v) is 18.1. The van der Waals surface area contributed by atoms with Crippen molar-refractivity contribution in [2.75, 3.05) is 6.61 Å². The molecular formula is C28H34O. The molecule has 1 nitrogen and oxygen atoms in total. The highest BCUT2D eigenvalue weighted by Crippen LogP contribution is 2.57. The van der Waals surface area contributed by atoms with Crippen molar-refractivity contribution in [2.45, 2.75) is 77.0 Å². The van der Waals surface area contributed by atoms with Crippen molar-refractivity contribution in [3.05, 3.63) is 65.2 Å². The van der Waals surface area contributed by atoms with Gasteiger partial charge in [-0.25, -0.2) is 0 Å². The van der Waals surface area contributed by atoms with E-state index in [1.807, 2.05) is 12.1 Å². The van der Waals surface area contributed by atoms with Gasteiger partial charge >= 0.3 is 0 Å². The molecule has 0 N–H and O–H groups in total. The Morgan fingerprint density at radius 3 is 2.03 bits per heavy atom. The van der Waals surface area contributed by atoms with Crippen LogP contribution < -0.4 is 4.74 Å². The average molecular weight is 387 g/mol. The Morgan fingerprint density at radius 2 is 1.45 bits per heavy atom. The average Bonchev–Trinajstić information content (AvgIpc) is 2.79. The maximum absolute atomic E-state index is 5.68. The summed E-state index contributed by atoms with van der Waals surface area (Å²) in [5.74, 6) is 8.13. The maximum Gasteiger partial charge on any atom is 0.119 e. The number of hydrogen-bond donors (Lipinski definition) is 0. The number of rotatable bonds is 6. The molecule has 0 saturated heterocycles. The quantitative estimate of drug-likeness (QED) is 0.482. The molecule has 0 atom stereocenters.